The van der Waals surface area contributed by atoms with Gasteiger partial charge in [-0.05, 0) is 43.7 Å². The number of sulfonamides is 1. The highest BCUT2D eigenvalue weighted by Gasteiger charge is 2.34. The summed E-state index contributed by atoms with van der Waals surface area (Å²) in [6.45, 7) is 2.05. The van der Waals surface area contributed by atoms with Gasteiger partial charge in [-0.2, -0.15) is 4.98 Å². The normalized spacial score (nSPS) is 13.8. The number of hydrogen-bond donors (Lipinski definition) is 1. The molecule has 2 aromatic heterocycles. The number of benzene rings is 1. The summed E-state index contributed by atoms with van der Waals surface area (Å²) in [6.07, 6.45) is 6.02. The van der Waals surface area contributed by atoms with E-state index in [0.29, 0.717) is 16.7 Å². The first-order valence-electron chi connectivity index (χ1n) is 11.6. The van der Waals surface area contributed by atoms with Gasteiger partial charge in [-0.3, -0.25) is 9.10 Å². The van der Waals surface area contributed by atoms with Crippen LogP contribution in [0.5, 0.6) is 0 Å². The Hall–Kier alpha value is -3.66. The highest BCUT2D eigenvalue weighted by molar-refractivity contribution is 7.92. The van der Waals surface area contributed by atoms with Crippen LogP contribution in [0.25, 0.3) is 22.4 Å². The average Bonchev–Trinajstić information content (AvgIpc) is 3.62. The van der Waals surface area contributed by atoms with Gasteiger partial charge in [-0.25, -0.2) is 13.2 Å². The Morgan fingerprint density at radius 3 is 2.53 bits per heavy atom. The number of aryl methyl sites for hydroxylation is 1. The van der Waals surface area contributed by atoms with Crippen molar-refractivity contribution >= 4 is 38.8 Å². The summed E-state index contributed by atoms with van der Waals surface area (Å²) in [5.41, 5.74) is 3.09. The Labute approximate surface area is 210 Å². The van der Waals surface area contributed by atoms with Crippen molar-refractivity contribution in [3.8, 4) is 11.3 Å². The largest absolute Gasteiger partial charge is 0.466 e. The summed E-state index contributed by atoms with van der Waals surface area (Å²) in [6, 6.07) is 9.44. The van der Waals surface area contributed by atoms with Crippen LogP contribution < -0.4 is 9.62 Å². The molecule has 2 heterocycles. The minimum absolute atomic E-state index is 0.0817. The van der Waals surface area contributed by atoms with Crippen molar-refractivity contribution in [3.05, 3.63) is 59.2 Å². The summed E-state index contributed by atoms with van der Waals surface area (Å²) >= 11 is 0. The molecule has 9 nitrogen and oxygen atoms in total. The lowest BCUT2D eigenvalue weighted by atomic mass is 10.0. The highest BCUT2D eigenvalue weighted by Crippen LogP contribution is 2.46. The molecule has 4 rings (SSSR count). The molecule has 1 fully saturated rings. The number of anilines is 1. The van der Waals surface area contributed by atoms with E-state index in [-0.39, 0.29) is 36.3 Å². The van der Waals surface area contributed by atoms with E-state index in [2.05, 4.69) is 15.0 Å². The number of pyridine rings is 1. The number of nitrogens with zero attached hydrogens (tertiary/aromatic N) is 2. The Bertz CT molecular complexity index is 1440. The number of methoxy groups -OCH3 is 1. The van der Waals surface area contributed by atoms with E-state index in [0.717, 1.165) is 35.8 Å². The van der Waals surface area contributed by atoms with Gasteiger partial charge < -0.3 is 14.5 Å². The lowest BCUT2D eigenvalue weighted by Gasteiger charge is -2.23. The molecule has 1 saturated carbocycles. The third-order valence-electron chi connectivity index (χ3n) is 6.07. The molecule has 36 heavy (non-hydrogen) atoms. The number of esters is 1. The van der Waals surface area contributed by atoms with Crippen molar-refractivity contribution in [1.82, 2.24) is 10.3 Å². The molecule has 0 atom stereocenters. The number of rotatable bonds is 9. The number of nitrogens with one attached hydrogen (secondary N) is 1. The SMILES string of the molecule is CNC(=O)c1c(-c2ccc(C)cc2)oc2nc(N(CC/C=C/C(=O)OC)S(C)(=O)=O)c(C3CC3)cc12. The van der Waals surface area contributed by atoms with Crippen LogP contribution in [-0.2, 0) is 19.6 Å². The number of carbonyl (C=O) groups is 2. The summed E-state index contributed by atoms with van der Waals surface area (Å²) in [5, 5.41) is 3.21. The first-order valence-corrected chi connectivity index (χ1v) is 13.5. The van der Waals surface area contributed by atoms with E-state index in [1.54, 1.807) is 13.1 Å². The summed E-state index contributed by atoms with van der Waals surface area (Å²) in [4.78, 5) is 29.0. The molecule has 0 saturated heterocycles. The maximum atomic E-state index is 12.9. The highest BCUT2D eigenvalue weighted by atomic mass is 32.2. The predicted octanol–water partition coefficient (Wildman–Crippen LogP) is 3.93. The van der Waals surface area contributed by atoms with Gasteiger partial charge in [0.15, 0.2) is 0 Å². The van der Waals surface area contributed by atoms with Crippen LogP contribution >= 0.6 is 0 Å². The number of furan rings is 1. The van der Waals surface area contributed by atoms with Crippen molar-refractivity contribution in [2.45, 2.75) is 32.1 Å². The first-order chi connectivity index (χ1) is 17.1. The van der Waals surface area contributed by atoms with Crippen LogP contribution in [0.3, 0.4) is 0 Å². The van der Waals surface area contributed by atoms with Gasteiger partial charge in [0.2, 0.25) is 15.7 Å². The minimum Gasteiger partial charge on any atom is -0.466 e. The van der Waals surface area contributed by atoms with E-state index < -0.39 is 16.0 Å². The monoisotopic (exact) mass is 511 g/mol. The van der Waals surface area contributed by atoms with E-state index in [1.807, 2.05) is 37.3 Å². The van der Waals surface area contributed by atoms with Crippen molar-refractivity contribution in [3.63, 3.8) is 0 Å². The second-order valence-electron chi connectivity index (χ2n) is 8.83. The standard InChI is InChI=1S/C26H29N3O6S/c1-16-8-10-18(11-9-16)23-22(25(31)27-2)20-15-19(17-12-13-17)24(28-26(20)35-23)29(36(4,32)33)14-6-5-7-21(30)34-3/h5,7-11,15,17H,6,12-14H2,1-4H3,(H,27,31)/b7-5+. The molecular formula is C26H29N3O6S. The molecule has 10 heteroatoms. The molecule has 0 aliphatic heterocycles. The van der Waals surface area contributed by atoms with Gasteiger partial charge in [0.05, 0.1) is 24.3 Å². The molecule has 3 aromatic rings. The minimum atomic E-state index is -3.70. The molecule has 0 spiro atoms. The third-order valence-corrected chi connectivity index (χ3v) is 7.22. The molecule has 1 aliphatic rings. The quantitative estimate of drug-likeness (QED) is 0.342. The Balaban J connectivity index is 1.86. The number of amides is 1. The molecular weight excluding hydrogens is 482 g/mol. The van der Waals surface area contributed by atoms with Gasteiger partial charge in [-0.1, -0.05) is 35.9 Å². The van der Waals surface area contributed by atoms with Crippen LogP contribution in [0.15, 0.2) is 46.9 Å². The lowest BCUT2D eigenvalue weighted by molar-refractivity contribution is -0.134. The predicted molar refractivity (Wildman–Crippen MR) is 138 cm³/mol. The number of aromatic nitrogens is 1. The van der Waals surface area contributed by atoms with Crippen LogP contribution in [0.1, 0.15) is 46.7 Å². The molecule has 1 N–H and O–H groups in total. The summed E-state index contributed by atoms with van der Waals surface area (Å²) < 4.78 is 37.5. The average molecular weight is 512 g/mol. The maximum absolute atomic E-state index is 12.9. The number of ether oxygens (including phenoxy) is 1. The van der Waals surface area contributed by atoms with Gasteiger partial charge in [0, 0.05) is 25.2 Å². The van der Waals surface area contributed by atoms with Crippen LogP contribution in [0.2, 0.25) is 0 Å². The van der Waals surface area contributed by atoms with Crippen molar-refractivity contribution in [2.24, 2.45) is 0 Å². The second-order valence-corrected chi connectivity index (χ2v) is 10.7. The molecule has 190 valence electrons. The third kappa shape index (κ3) is 5.28. The summed E-state index contributed by atoms with van der Waals surface area (Å²) in [5.74, 6) is -0.0232. The van der Waals surface area contributed by atoms with Crippen LogP contribution in [0.4, 0.5) is 5.82 Å². The van der Waals surface area contributed by atoms with Crippen LogP contribution in [-0.4, -0.2) is 52.2 Å². The van der Waals surface area contributed by atoms with Gasteiger partial charge in [-0.15, -0.1) is 0 Å². The number of carbonyl (C=O) groups excluding carboxylic acids is 2. The molecule has 1 aromatic carbocycles. The second kappa shape index (κ2) is 10.1. The zero-order valence-corrected chi connectivity index (χ0v) is 21.5. The van der Waals surface area contributed by atoms with Crippen molar-refractivity contribution in [2.75, 3.05) is 31.3 Å². The fourth-order valence-corrected chi connectivity index (χ4v) is 4.95. The van der Waals surface area contributed by atoms with E-state index in [9.17, 15) is 18.0 Å². The van der Waals surface area contributed by atoms with Gasteiger partial charge >= 0.3 is 5.97 Å². The number of hydrogen-bond acceptors (Lipinski definition) is 7. The van der Waals surface area contributed by atoms with E-state index >= 15 is 0 Å². The summed E-state index contributed by atoms with van der Waals surface area (Å²) in [7, 11) is -0.874. The maximum Gasteiger partial charge on any atom is 0.330 e. The topological polar surface area (TPSA) is 119 Å². The smallest absolute Gasteiger partial charge is 0.330 e. The van der Waals surface area contributed by atoms with Crippen molar-refractivity contribution < 1.29 is 27.2 Å². The zero-order valence-electron chi connectivity index (χ0n) is 20.7. The molecule has 0 unspecified atom stereocenters. The Kier molecular flexibility index (Phi) is 7.16. The zero-order chi connectivity index (χ0) is 26.0. The fourth-order valence-electron chi connectivity index (χ4n) is 4.05. The Morgan fingerprint density at radius 2 is 1.94 bits per heavy atom. The fraction of sp³-hybridized carbons (Fsp3) is 0.346. The number of fused-ring (bicyclic) bond motifs is 1. The van der Waals surface area contributed by atoms with E-state index in [4.69, 9.17) is 4.42 Å². The first kappa shape index (κ1) is 25.4. The molecule has 1 amide bonds. The lowest BCUT2D eigenvalue weighted by Crippen LogP contribution is -2.32. The van der Waals surface area contributed by atoms with Crippen molar-refractivity contribution in [1.29, 1.82) is 0 Å². The molecule has 1 aliphatic carbocycles. The Morgan fingerprint density at radius 1 is 1.25 bits per heavy atom. The van der Waals surface area contributed by atoms with Gasteiger partial charge in [0.25, 0.3) is 5.91 Å². The molecule has 0 bridgehead atoms. The molecule has 0 radical (unpaired) electrons. The van der Waals surface area contributed by atoms with Crippen LogP contribution in [0, 0.1) is 6.92 Å². The van der Waals surface area contributed by atoms with E-state index in [1.165, 1.54) is 17.5 Å². The van der Waals surface area contributed by atoms with Gasteiger partial charge in [0.1, 0.15) is 11.6 Å².